The van der Waals surface area contributed by atoms with Gasteiger partial charge in [0.25, 0.3) is 0 Å². The minimum absolute atomic E-state index is 0.0525. The first kappa shape index (κ1) is 20.0. The molecule has 0 aliphatic heterocycles. The summed E-state index contributed by atoms with van der Waals surface area (Å²) in [6.45, 7) is 15.2. The number of hydrogen-bond donors (Lipinski definition) is 1. The fourth-order valence-electron chi connectivity index (χ4n) is 3.96. The van der Waals surface area contributed by atoms with Gasteiger partial charge in [-0.05, 0) is 80.4 Å². The summed E-state index contributed by atoms with van der Waals surface area (Å²) in [7, 11) is 0. The average molecular weight is 354 g/mol. The van der Waals surface area contributed by atoms with Crippen LogP contribution in [0.5, 0.6) is 5.75 Å². The summed E-state index contributed by atoms with van der Waals surface area (Å²) < 4.78 is 5.84. The highest BCUT2D eigenvalue weighted by molar-refractivity contribution is 5.92. The van der Waals surface area contributed by atoms with Gasteiger partial charge >= 0.3 is 5.97 Å². The highest BCUT2D eigenvalue weighted by Gasteiger charge is 2.33. The molecule has 0 atom stereocenters. The number of carboxylic acids is 1. The standard InChI is InChI=1S/C23H30O3/c1-7-15(3)20(21-16(4)10-9-13-23(21,5)6)18-12-11-17(22(24)25)14-19(18)26-8-2/h7,11-12,14H,1,8-10,13H2,2-6H3,(H,24,25). The van der Waals surface area contributed by atoms with E-state index in [0.29, 0.717) is 12.4 Å². The van der Waals surface area contributed by atoms with Crippen LogP contribution in [0, 0.1) is 5.41 Å². The summed E-state index contributed by atoms with van der Waals surface area (Å²) in [5.41, 5.74) is 6.17. The van der Waals surface area contributed by atoms with Crippen molar-refractivity contribution >= 4 is 11.5 Å². The molecule has 0 unspecified atom stereocenters. The van der Waals surface area contributed by atoms with Crippen molar-refractivity contribution in [1.82, 2.24) is 0 Å². The second kappa shape index (κ2) is 7.94. The quantitative estimate of drug-likeness (QED) is 0.612. The molecule has 3 nitrogen and oxygen atoms in total. The lowest BCUT2D eigenvalue weighted by atomic mass is 9.68. The third-order valence-corrected chi connectivity index (χ3v) is 5.21. The SMILES string of the molecule is C=CC(C)=C(C1=C(C)CCCC1(C)C)c1ccc(C(=O)O)cc1OCC. The van der Waals surface area contributed by atoms with E-state index in [2.05, 4.69) is 34.3 Å². The van der Waals surface area contributed by atoms with E-state index in [-0.39, 0.29) is 11.0 Å². The molecular weight excluding hydrogens is 324 g/mol. The predicted molar refractivity (Wildman–Crippen MR) is 108 cm³/mol. The smallest absolute Gasteiger partial charge is 0.335 e. The van der Waals surface area contributed by atoms with Crippen molar-refractivity contribution in [2.75, 3.05) is 6.61 Å². The Bertz CT molecular complexity index is 779. The zero-order valence-corrected chi connectivity index (χ0v) is 16.6. The maximum Gasteiger partial charge on any atom is 0.335 e. The maximum absolute atomic E-state index is 11.4. The molecule has 1 aromatic rings. The molecule has 0 radical (unpaired) electrons. The van der Waals surface area contributed by atoms with Gasteiger partial charge in [-0.3, -0.25) is 0 Å². The van der Waals surface area contributed by atoms with Crippen LogP contribution in [0.4, 0.5) is 0 Å². The largest absolute Gasteiger partial charge is 0.493 e. The van der Waals surface area contributed by atoms with Gasteiger partial charge in [-0.15, -0.1) is 0 Å². The van der Waals surface area contributed by atoms with E-state index in [4.69, 9.17) is 4.74 Å². The van der Waals surface area contributed by atoms with Crippen molar-refractivity contribution in [3.8, 4) is 5.75 Å². The molecular formula is C23H30O3. The van der Waals surface area contributed by atoms with E-state index in [9.17, 15) is 9.90 Å². The van der Waals surface area contributed by atoms with Crippen LogP contribution in [0.1, 0.15) is 69.8 Å². The van der Waals surface area contributed by atoms with Crippen LogP contribution in [-0.4, -0.2) is 17.7 Å². The third kappa shape index (κ3) is 3.92. The van der Waals surface area contributed by atoms with Crippen LogP contribution < -0.4 is 4.74 Å². The second-order valence-corrected chi connectivity index (χ2v) is 7.60. The van der Waals surface area contributed by atoms with Gasteiger partial charge in [0.05, 0.1) is 12.2 Å². The fraction of sp³-hybridized carbons (Fsp3) is 0.435. The Morgan fingerprint density at radius 2 is 2.08 bits per heavy atom. The molecule has 2 rings (SSSR count). The van der Waals surface area contributed by atoms with E-state index in [1.807, 2.05) is 19.1 Å². The van der Waals surface area contributed by atoms with Crippen molar-refractivity contribution in [3.63, 3.8) is 0 Å². The Morgan fingerprint density at radius 1 is 1.38 bits per heavy atom. The highest BCUT2D eigenvalue weighted by Crippen LogP contribution is 2.49. The van der Waals surface area contributed by atoms with Crippen molar-refractivity contribution in [1.29, 1.82) is 0 Å². The molecule has 0 fully saturated rings. The number of ether oxygens (including phenoxy) is 1. The Labute approximate surface area is 157 Å². The highest BCUT2D eigenvalue weighted by atomic mass is 16.5. The lowest BCUT2D eigenvalue weighted by Gasteiger charge is -2.37. The zero-order chi connectivity index (χ0) is 19.5. The zero-order valence-electron chi connectivity index (χ0n) is 16.6. The van der Waals surface area contributed by atoms with E-state index in [1.54, 1.807) is 12.1 Å². The fourth-order valence-corrected chi connectivity index (χ4v) is 3.96. The Balaban J connectivity index is 2.78. The molecule has 1 N–H and O–H groups in total. The van der Waals surface area contributed by atoms with Crippen LogP contribution in [-0.2, 0) is 0 Å². The van der Waals surface area contributed by atoms with Gasteiger partial charge in [0, 0.05) is 5.56 Å². The van der Waals surface area contributed by atoms with Crippen molar-refractivity contribution < 1.29 is 14.6 Å². The minimum Gasteiger partial charge on any atom is -0.493 e. The number of aromatic carboxylic acids is 1. The first-order chi connectivity index (χ1) is 12.2. The van der Waals surface area contributed by atoms with Crippen molar-refractivity contribution in [2.45, 2.75) is 53.9 Å². The number of benzene rings is 1. The lowest BCUT2D eigenvalue weighted by molar-refractivity contribution is 0.0696. The normalized spacial score (nSPS) is 17.6. The molecule has 0 heterocycles. The molecule has 0 saturated carbocycles. The molecule has 0 spiro atoms. The van der Waals surface area contributed by atoms with E-state index >= 15 is 0 Å². The van der Waals surface area contributed by atoms with Crippen LogP contribution in [0.15, 0.2) is 47.6 Å². The Morgan fingerprint density at radius 3 is 2.62 bits per heavy atom. The van der Waals surface area contributed by atoms with Crippen molar-refractivity contribution in [3.05, 3.63) is 58.7 Å². The summed E-state index contributed by atoms with van der Waals surface area (Å²) in [4.78, 5) is 11.4. The number of hydrogen-bond acceptors (Lipinski definition) is 2. The molecule has 3 heteroatoms. The van der Waals surface area contributed by atoms with E-state index in [0.717, 1.165) is 29.6 Å². The summed E-state index contributed by atoms with van der Waals surface area (Å²) in [5.74, 6) is -0.331. The van der Waals surface area contributed by atoms with Gasteiger partial charge in [-0.25, -0.2) is 4.79 Å². The minimum atomic E-state index is -0.947. The number of carbonyl (C=O) groups is 1. The summed E-state index contributed by atoms with van der Waals surface area (Å²) in [6.07, 6.45) is 5.29. The second-order valence-electron chi connectivity index (χ2n) is 7.60. The molecule has 0 amide bonds. The van der Waals surface area contributed by atoms with Crippen LogP contribution in [0.25, 0.3) is 5.57 Å². The molecule has 1 aliphatic carbocycles. The van der Waals surface area contributed by atoms with Gasteiger partial charge in [0.1, 0.15) is 5.75 Å². The van der Waals surface area contributed by atoms with Gasteiger partial charge < -0.3 is 9.84 Å². The van der Waals surface area contributed by atoms with Gasteiger partial charge in [0.15, 0.2) is 0 Å². The monoisotopic (exact) mass is 354 g/mol. The van der Waals surface area contributed by atoms with Crippen LogP contribution in [0.2, 0.25) is 0 Å². The molecule has 26 heavy (non-hydrogen) atoms. The van der Waals surface area contributed by atoms with Gasteiger partial charge in [-0.1, -0.05) is 32.1 Å². The first-order valence-corrected chi connectivity index (χ1v) is 9.27. The molecule has 0 bridgehead atoms. The third-order valence-electron chi connectivity index (χ3n) is 5.21. The summed E-state index contributed by atoms with van der Waals surface area (Å²) in [5, 5.41) is 9.34. The van der Waals surface area contributed by atoms with Gasteiger partial charge in [0.2, 0.25) is 0 Å². The molecule has 0 aromatic heterocycles. The number of allylic oxidation sites excluding steroid dienone is 5. The molecule has 1 aromatic carbocycles. The summed E-state index contributed by atoms with van der Waals surface area (Å²) >= 11 is 0. The van der Waals surface area contributed by atoms with Crippen molar-refractivity contribution in [2.24, 2.45) is 5.41 Å². The topological polar surface area (TPSA) is 46.5 Å². The van der Waals surface area contributed by atoms with Crippen LogP contribution >= 0.6 is 0 Å². The predicted octanol–water partition coefficient (Wildman–Crippen LogP) is 6.27. The molecule has 1 aliphatic rings. The number of carboxylic acid groups (broad SMARTS) is 1. The van der Waals surface area contributed by atoms with Crippen LogP contribution in [0.3, 0.4) is 0 Å². The maximum atomic E-state index is 11.4. The molecule has 140 valence electrons. The lowest BCUT2D eigenvalue weighted by Crippen LogP contribution is -2.22. The van der Waals surface area contributed by atoms with E-state index < -0.39 is 5.97 Å². The number of rotatable bonds is 6. The average Bonchev–Trinajstić information content (AvgIpc) is 2.58. The Hall–Kier alpha value is -2.29. The van der Waals surface area contributed by atoms with E-state index in [1.165, 1.54) is 17.6 Å². The van der Waals surface area contributed by atoms with Gasteiger partial charge in [-0.2, -0.15) is 0 Å². The Kier molecular flexibility index (Phi) is 6.12. The molecule has 0 saturated heterocycles. The first-order valence-electron chi connectivity index (χ1n) is 9.27. The summed E-state index contributed by atoms with van der Waals surface area (Å²) in [6, 6.07) is 5.16.